The van der Waals surface area contributed by atoms with Crippen LogP contribution in [0.2, 0.25) is 0 Å². The van der Waals surface area contributed by atoms with Crippen LogP contribution >= 0.6 is 11.3 Å². The van der Waals surface area contributed by atoms with Gasteiger partial charge in [-0.1, -0.05) is 0 Å². The second-order valence-electron chi connectivity index (χ2n) is 5.33. The first-order valence-corrected chi connectivity index (χ1v) is 9.06. The van der Waals surface area contributed by atoms with Crippen molar-refractivity contribution in [3.05, 3.63) is 15.8 Å². The smallest absolute Gasteiger partial charge is 0.244 e. The van der Waals surface area contributed by atoms with Crippen LogP contribution in [0.3, 0.4) is 0 Å². The predicted octanol–water partition coefficient (Wildman–Crippen LogP) is 1.26. The summed E-state index contributed by atoms with van der Waals surface area (Å²) >= 11 is 1.34. The lowest BCUT2D eigenvalue weighted by molar-refractivity contribution is 0.154. The van der Waals surface area contributed by atoms with Gasteiger partial charge in [0.05, 0.1) is 11.5 Å². The Balaban J connectivity index is 2.17. The molecule has 0 saturated carbocycles. The summed E-state index contributed by atoms with van der Waals surface area (Å²) in [6, 6.07) is 2.05. The fourth-order valence-corrected chi connectivity index (χ4v) is 5.34. The minimum absolute atomic E-state index is 0.109. The van der Waals surface area contributed by atoms with E-state index in [9.17, 15) is 8.42 Å². The Morgan fingerprint density at radius 1 is 1.30 bits per heavy atom. The van der Waals surface area contributed by atoms with Gasteiger partial charge in [-0.3, -0.25) is 4.90 Å². The highest BCUT2D eigenvalue weighted by molar-refractivity contribution is 7.89. The molecule has 2 rings (SSSR count). The van der Waals surface area contributed by atoms with E-state index in [0.717, 1.165) is 18.0 Å². The van der Waals surface area contributed by atoms with Crippen molar-refractivity contribution in [1.29, 1.82) is 0 Å². The molecule has 0 unspecified atom stereocenters. The van der Waals surface area contributed by atoms with Gasteiger partial charge in [0.15, 0.2) is 0 Å². The normalized spacial score (nSPS) is 18.9. The van der Waals surface area contributed by atoms with Gasteiger partial charge in [-0.2, -0.15) is 4.31 Å². The fraction of sp³-hybridized carbons (Fsp3) is 0.692. The molecule has 1 saturated heterocycles. The minimum atomic E-state index is -3.43. The minimum Gasteiger partial charge on any atom is -0.391 e. The van der Waals surface area contributed by atoms with Crippen LogP contribution in [0, 0.1) is 6.92 Å². The van der Waals surface area contributed by atoms with Crippen LogP contribution in [0.25, 0.3) is 0 Å². The molecule has 5 nitrogen and oxygen atoms in total. The van der Waals surface area contributed by atoms with E-state index in [1.807, 2.05) is 0 Å². The van der Waals surface area contributed by atoms with Crippen molar-refractivity contribution >= 4 is 21.4 Å². The predicted molar refractivity (Wildman–Crippen MR) is 80.4 cm³/mol. The first-order valence-electron chi connectivity index (χ1n) is 6.80. The molecule has 0 radical (unpaired) electrons. The van der Waals surface area contributed by atoms with Gasteiger partial charge in [0, 0.05) is 42.0 Å². The van der Waals surface area contributed by atoms with Crippen molar-refractivity contribution in [2.45, 2.75) is 38.3 Å². The molecule has 1 aliphatic rings. The van der Waals surface area contributed by atoms with E-state index in [-0.39, 0.29) is 6.61 Å². The average molecular weight is 318 g/mol. The fourth-order valence-electron chi connectivity index (χ4n) is 2.46. The third-order valence-electron chi connectivity index (χ3n) is 3.70. The van der Waals surface area contributed by atoms with Crippen molar-refractivity contribution in [3.63, 3.8) is 0 Å². The van der Waals surface area contributed by atoms with E-state index in [1.54, 1.807) is 17.3 Å². The van der Waals surface area contributed by atoms with E-state index < -0.39 is 10.0 Å². The van der Waals surface area contributed by atoms with Gasteiger partial charge in [0.2, 0.25) is 10.0 Å². The molecule has 114 valence electrons. The molecule has 0 aromatic carbocycles. The Bertz CT molecular complexity index is 558. The summed E-state index contributed by atoms with van der Waals surface area (Å²) in [4.78, 5) is 4.08. The summed E-state index contributed by atoms with van der Waals surface area (Å²) in [6.45, 7) is 8.54. The number of hydrogen-bond acceptors (Lipinski definition) is 5. The van der Waals surface area contributed by atoms with Gasteiger partial charge in [0.25, 0.3) is 0 Å². The topological polar surface area (TPSA) is 60.9 Å². The number of rotatable bonds is 4. The second-order valence-corrected chi connectivity index (χ2v) is 8.57. The lowest BCUT2D eigenvalue weighted by Crippen LogP contribution is -2.50. The van der Waals surface area contributed by atoms with Crippen LogP contribution in [0.1, 0.15) is 23.6 Å². The Kier molecular flexibility index (Phi) is 4.86. The SMILES string of the molecule is Cc1sc(CO)cc1S(=O)(=O)N1CCN(C(C)C)CC1. The maximum atomic E-state index is 12.6. The largest absolute Gasteiger partial charge is 0.391 e. The first kappa shape index (κ1) is 15.9. The number of piperazine rings is 1. The van der Waals surface area contributed by atoms with Gasteiger partial charge >= 0.3 is 0 Å². The molecule has 0 aliphatic carbocycles. The molecule has 0 amide bonds. The highest BCUT2D eigenvalue weighted by Gasteiger charge is 2.31. The number of nitrogens with zero attached hydrogens (tertiary/aromatic N) is 2. The molecule has 20 heavy (non-hydrogen) atoms. The van der Waals surface area contributed by atoms with Crippen LogP contribution in [0.5, 0.6) is 0 Å². The molecule has 2 heterocycles. The van der Waals surface area contributed by atoms with Crippen LogP contribution in [0.4, 0.5) is 0 Å². The van der Waals surface area contributed by atoms with Crippen molar-refractivity contribution in [2.75, 3.05) is 26.2 Å². The molecular formula is C13H22N2O3S2. The lowest BCUT2D eigenvalue weighted by Gasteiger charge is -2.36. The summed E-state index contributed by atoms with van der Waals surface area (Å²) in [6.07, 6.45) is 0. The van der Waals surface area contributed by atoms with E-state index in [1.165, 1.54) is 11.3 Å². The molecule has 0 atom stereocenters. The van der Waals surface area contributed by atoms with Gasteiger partial charge < -0.3 is 5.11 Å². The Hall–Kier alpha value is -0.470. The molecule has 1 fully saturated rings. The number of aryl methyl sites for hydroxylation is 1. The molecule has 1 aromatic rings. The molecule has 1 aliphatic heterocycles. The van der Waals surface area contributed by atoms with E-state index >= 15 is 0 Å². The van der Waals surface area contributed by atoms with Crippen molar-refractivity contribution in [3.8, 4) is 0 Å². The highest BCUT2D eigenvalue weighted by atomic mass is 32.2. The maximum Gasteiger partial charge on any atom is 0.244 e. The molecule has 0 spiro atoms. The monoisotopic (exact) mass is 318 g/mol. The number of thiophene rings is 1. The van der Waals surface area contributed by atoms with Crippen molar-refractivity contribution in [2.24, 2.45) is 0 Å². The number of hydrogen-bond donors (Lipinski definition) is 1. The van der Waals surface area contributed by atoms with Crippen molar-refractivity contribution in [1.82, 2.24) is 9.21 Å². The zero-order valence-corrected chi connectivity index (χ0v) is 13.8. The quantitative estimate of drug-likeness (QED) is 0.908. The third kappa shape index (κ3) is 3.07. The Morgan fingerprint density at radius 2 is 1.90 bits per heavy atom. The summed E-state index contributed by atoms with van der Waals surface area (Å²) in [5.74, 6) is 0. The van der Waals surface area contributed by atoms with Crippen LogP contribution in [0.15, 0.2) is 11.0 Å². The van der Waals surface area contributed by atoms with E-state index in [0.29, 0.717) is 28.9 Å². The van der Waals surface area contributed by atoms with E-state index in [2.05, 4.69) is 18.7 Å². The number of aliphatic hydroxyl groups excluding tert-OH is 1. The summed E-state index contributed by atoms with van der Waals surface area (Å²) in [7, 11) is -3.43. The molecule has 1 N–H and O–H groups in total. The van der Waals surface area contributed by atoms with Crippen LogP contribution in [-0.4, -0.2) is 55.0 Å². The number of sulfonamides is 1. The van der Waals surface area contributed by atoms with Gasteiger partial charge in [-0.25, -0.2) is 8.42 Å². The maximum absolute atomic E-state index is 12.6. The molecule has 0 bridgehead atoms. The second kappa shape index (κ2) is 6.11. The molecule has 7 heteroatoms. The average Bonchev–Trinajstić information content (AvgIpc) is 2.81. The summed E-state index contributed by atoms with van der Waals surface area (Å²) in [5.41, 5.74) is 0. The third-order valence-corrected chi connectivity index (χ3v) is 6.89. The lowest BCUT2D eigenvalue weighted by atomic mass is 10.3. The summed E-state index contributed by atoms with van der Waals surface area (Å²) < 4.78 is 26.9. The van der Waals surface area contributed by atoms with Crippen molar-refractivity contribution < 1.29 is 13.5 Å². The van der Waals surface area contributed by atoms with Gasteiger partial charge in [-0.15, -0.1) is 11.3 Å². The first-order chi connectivity index (χ1) is 9.36. The Morgan fingerprint density at radius 3 is 2.35 bits per heavy atom. The Labute approximate surface area is 124 Å². The summed E-state index contributed by atoms with van der Waals surface area (Å²) in [5, 5.41) is 9.14. The van der Waals surface area contributed by atoms with Crippen LogP contribution < -0.4 is 0 Å². The standard InChI is InChI=1S/C13H22N2O3S2/c1-10(2)14-4-6-15(7-5-14)20(17,18)13-8-12(9-16)19-11(13)3/h8,10,16H,4-7,9H2,1-3H3. The zero-order valence-electron chi connectivity index (χ0n) is 12.2. The molecule has 1 aromatic heterocycles. The van der Waals surface area contributed by atoms with Crippen LogP contribution in [-0.2, 0) is 16.6 Å². The highest BCUT2D eigenvalue weighted by Crippen LogP contribution is 2.28. The molecular weight excluding hydrogens is 296 g/mol. The zero-order chi connectivity index (χ0) is 14.9. The van der Waals surface area contributed by atoms with E-state index in [4.69, 9.17) is 5.11 Å². The van der Waals surface area contributed by atoms with Gasteiger partial charge in [-0.05, 0) is 26.8 Å². The number of aliphatic hydroxyl groups is 1. The van der Waals surface area contributed by atoms with Gasteiger partial charge in [0.1, 0.15) is 0 Å².